The van der Waals surface area contributed by atoms with Crippen molar-refractivity contribution in [3.8, 4) is 0 Å². The summed E-state index contributed by atoms with van der Waals surface area (Å²) >= 11 is 0. The van der Waals surface area contributed by atoms with Crippen LogP contribution in [0.4, 0.5) is 5.69 Å². The number of benzene rings is 1. The van der Waals surface area contributed by atoms with Gasteiger partial charge in [0.15, 0.2) is 0 Å². The van der Waals surface area contributed by atoms with Crippen molar-refractivity contribution < 1.29 is 19.1 Å². The number of esters is 1. The summed E-state index contributed by atoms with van der Waals surface area (Å²) in [4.78, 5) is 12.9. The number of methoxy groups -OCH3 is 1. The molecule has 1 saturated carbocycles. The standard InChI is InChI=1S/C22H29N2O3/c1-4-13-12-24(2)10-9-22-15-7-5-6-8-16(15)23-19(22)17(24)11-14(13)18(20(22)25)21(26)27-3/h4-8,14,17-20,23,25H,9-12H2,1-3H3/q+1/b13-4+. The van der Waals surface area contributed by atoms with Gasteiger partial charge in [-0.25, -0.2) is 0 Å². The molecule has 144 valence electrons. The maximum Gasteiger partial charge on any atom is 0.311 e. The van der Waals surface area contributed by atoms with Gasteiger partial charge in [0, 0.05) is 24.4 Å². The van der Waals surface area contributed by atoms with E-state index in [9.17, 15) is 9.90 Å². The Hall–Kier alpha value is -1.85. The highest BCUT2D eigenvalue weighted by atomic mass is 16.5. The Labute approximate surface area is 160 Å². The van der Waals surface area contributed by atoms with Gasteiger partial charge in [-0.2, -0.15) is 0 Å². The highest BCUT2D eigenvalue weighted by Gasteiger charge is 2.69. The number of nitrogens with one attached hydrogen (secondary N) is 1. The minimum absolute atomic E-state index is 0.0585. The number of ether oxygens (including phenoxy) is 1. The van der Waals surface area contributed by atoms with E-state index in [0.717, 1.165) is 36.1 Å². The van der Waals surface area contributed by atoms with Crippen molar-refractivity contribution in [2.75, 3.05) is 32.6 Å². The second kappa shape index (κ2) is 5.58. The van der Waals surface area contributed by atoms with Crippen LogP contribution in [0.15, 0.2) is 35.9 Å². The Bertz CT molecular complexity index is 837. The first-order valence-electron chi connectivity index (χ1n) is 10.1. The predicted octanol–water partition coefficient (Wildman–Crippen LogP) is 2.07. The molecule has 3 fully saturated rings. The van der Waals surface area contributed by atoms with Crippen LogP contribution >= 0.6 is 0 Å². The number of allylic oxidation sites excluding steroid dienone is 1. The summed E-state index contributed by atoms with van der Waals surface area (Å²) in [5.41, 5.74) is 3.18. The van der Waals surface area contributed by atoms with Crippen molar-refractivity contribution in [2.24, 2.45) is 11.8 Å². The average molecular weight is 369 g/mol. The molecule has 7 unspecified atom stereocenters. The molecule has 27 heavy (non-hydrogen) atoms. The fourth-order valence-electron chi connectivity index (χ4n) is 6.85. The minimum atomic E-state index is -0.747. The number of para-hydroxylation sites is 1. The Morgan fingerprint density at radius 1 is 1.41 bits per heavy atom. The molecule has 0 spiro atoms. The lowest BCUT2D eigenvalue weighted by Gasteiger charge is -2.55. The van der Waals surface area contributed by atoms with Gasteiger partial charge in [-0.1, -0.05) is 24.3 Å². The number of likely N-dealkylation sites (N-methyl/N-ethyl adjacent to an activating group) is 1. The third-order valence-corrected chi connectivity index (χ3v) is 8.18. The van der Waals surface area contributed by atoms with Crippen LogP contribution in [-0.4, -0.2) is 61.0 Å². The molecular weight excluding hydrogens is 340 g/mol. The van der Waals surface area contributed by atoms with Crippen molar-refractivity contribution in [1.82, 2.24) is 0 Å². The summed E-state index contributed by atoms with van der Waals surface area (Å²) in [7, 11) is 3.80. The van der Waals surface area contributed by atoms with Gasteiger partial charge < -0.3 is 19.6 Å². The molecular formula is C22H29N2O3+. The lowest BCUT2D eigenvalue weighted by atomic mass is 9.64. The Morgan fingerprint density at radius 2 is 2.19 bits per heavy atom. The first kappa shape index (κ1) is 17.3. The number of quaternary nitrogens is 1. The van der Waals surface area contributed by atoms with E-state index in [0.29, 0.717) is 6.04 Å². The zero-order chi connectivity index (χ0) is 19.0. The maximum atomic E-state index is 12.9. The fourth-order valence-corrected chi connectivity index (χ4v) is 6.85. The van der Waals surface area contributed by atoms with Gasteiger partial charge >= 0.3 is 5.97 Å². The molecule has 5 nitrogen and oxygen atoms in total. The van der Waals surface area contributed by atoms with E-state index in [2.05, 4.69) is 43.6 Å². The molecule has 4 aliphatic rings. The lowest BCUT2D eigenvalue weighted by molar-refractivity contribution is -0.940. The molecule has 1 aromatic carbocycles. The van der Waals surface area contributed by atoms with Crippen molar-refractivity contribution in [3.63, 3.8) is 0 Å². The van der Waals surface area contributed by atoms with E-state index >= 15 is 0 Å². The van der Waals surface area contributed by atoms with Crippen LogP contribution in [0, 0.1) is 11.8 Å². The van der Waals surface area contributed by atoms with E-state index in [1.165, 1.54) is 18.2 Å². The second-order valence-corrected chi connectivity index (χ2v) is 9.09. The van der Waals surface area contributed by atoms with Crippen LogP contribution in [0.5, 0.6) is 0 Å². The Balaban J connectivity index is 1.76. The molecule has 0 aromatic heterocycles. The number of aliphatic hydroxyl groups is 1. The van der Waals surface area contributed by atoms with Crippen LogP contribution < -0.4 is 5.32 Å². The molecule has 2 N–H and O–H groups in total. The third-order valence-electron chi connectivity index (χ3n) is 8.18. The second-order valence-electron chi connectivity index (χ2n) is 9.09. The number of anilines is 1. The smallest absolute Gasteiger partial charge is 0.311 e. The summed E-state index contributed by atoms with van der Waals surface area (Å²) in [5.74, 6) is -0.718. The first-order chi connectivity index (χ1) is 13.0. The molecule has 0 radical (unpaired) electrons. The Kier molecular flexibility index (Phi) is 3.57. The van der Waals surface area contributed by atoms with E-state index in [1.807, 2.05) is 6.07 Å². The van der Waals surface area contributed by atoms with Crippen LogP contribution in [0.1, 0.15) is 25.3 Å². The molecule has 2 saturated heterocycles. The van der Waals surface area contributed by atoms with Crippen molar-refractivity contribution >= 4 is 11.7 Å². The van der Waals surface area contributed by atoms with E-state index < -0.39 is 17.4 Å². The van der Waals surface area contributed by atoms with Gasteiger partial charge in [0.1, 0.15) is 12.6 Å². The zero-order valence-corrected chi connectivity index (χ0v) is 16.3. The number of hydrogen-bond donors (Lipinski definition) is 2. The van der Waals surface area contributed by atoms with Crippen molar-refractivity contribution in [2.45, 2.75) is 43.4 Å². The van der Waals surface area contributed by atoms with E-state index in [-0.39, 0.29) is 17.9 Å². The SMILES string of the molecule is C/C=C1\C[N+]2(C)CCC34c5ccccc5NC3C2CC1C(C(=O)OC)C4O. The van der Waals surface area contributed by atoms with Gasteiger partial charge in [-0.3, -0.25) is 4.79 Å². The minimum Gasteiger partial charge on any atom is -0.469 e. The molecule has 3 heterocycles. The molecule has 1 aliphatic carbocycles. The monoisotopic (exact) mass is 369 g/mol. The van der Waals surface area contributed by atoms with E-state index in [4.69, 9.17) is 4.74 Å². The van der Waals surface area contributed by atoms with Crippen LogP contribution in [0.25, 0.3) is 0 Å². The molecule has 7 atom stereocenters. The van der Waals surface area contributed by atoms with Gasteiger partial charge in [0.25, 0.3) is 0 Å². The number of carbonyl (C=O) groups is 1. The summed E-state index contributed by atoms with van der Waals surface area (Å²) in [5, 5.41) is 15.6. The van der Waals surface area contributed by atoms with E-state index in [1.54, 1.807) is 0 Å². The highest BCUT2D eigenvalue weighted by Crippen LogP contribution is 2.59. The number of rotatable bonds is 1. The molecule has 3 aliphatic heterocycles. The summed E-state index contributed by atoms with van der Waals surface area (Å²) < 4.78 is 6.20. The summed E-state index contributed by atoms with van der Waals surface area (Å²) in [6, 6.07) is 8.88. The van der Waals surface area contributed by atoms with Gasteiger partial charge in [-0.15, -0.1) is 0 Å². The van der Waals surface area contributed by atoms with Gasteiger partial charge in [0.05, 0.1) is 44.2 Å². The summed E-state index contributed by atoms with van der Waals surface area (Å²) in [6.07, 6.45) is 3.22. The molecule has 3 bridgehead atoms. The zero-order valence-electron chi connectivity index (χ0n) is 16.3. The third kappa shape index (κ3) is 1.99. The molecule has 5 rings (SSSR count). The number of piperidine rings is 2. The largest absolute Gasteiger partial charge is 0.469 e. The molecule has 5 heteroatoms. The molecule has 1 aromatic rings. The van der Waals surface area contributed by atoms with Crippen LogP contribution in [0.3, 0.4) is 0 Å². The number of hydrogen-bond acceptors (Lipinski definition) is 4. The first-order valence-corrected chi connectivity index (χ1v) is 10.1. The molecule has 0 amide bonds. The normalized spacial score (nSPS) is 45.6. The predicted molar refractivity (Wildman–Crippen MR) is 103 cm³/mol. The number of nitrogens with zero attached hydrogens (tertiary/aromatic N) is 1. The lowest BCUT2D eigenvalue weighted by Crippen LogP contribution is -2.70. The van der Waals surface area contributed by atoms with Crippen LogP contribution in [-0.2, 0) is 14.9 Å². The average Bonchev–Trinajstić information content (AvgIpc) is 3.01. The van der Waals surface area contributed by atoms with Gasteiger partial charge in [-0.05, 0) is 24.1 Å². The van der Waals surface area contributed by atoms with Gasteiger partial charge in [0.2, 0.25) is 0 Å². The highest BCUT2D eigenvalue weighted by molar-refractivity contribution is 5.76. The Morgan fingerprint density at radius 3 is 2.93 bits per heavy atom. The topological polar surface area (TPSA) is 58.6 Å². The summed E-state index contributed by atoms with van der Waals surface area (Å²) in [6.45, 7) is 4.04. The number of carbonyl (C=O) groups excluding carboxylic acids is 1. The quantitative estimate of drug-likeness (QED) is 0.452. The number of aliphatic hydroxyl groups excluding tert-OH is 1. The number of fused-ring (bicyclic) bond motifs is 2. The fraction of sp³-hybridized carbons (Fsp3) is 0.591. The van der Waals surface area contributed by atoms with Crippen molar-refractivity contribution in [1.29, 1.82) is 0 Å². The maximum absolute atomic E-state index is 12.9. The van der Waals surface area contributed by atoms with Crippen LogP contribution in [0.2, 0.25) is 0 Å². The van der Waals surface area contributed by atoms with Crippen molar-refractivity contribution in [3.05, 3.63) is 41.5 Å².